The van der Waals surface area contributed by atoms with Crippen molar-refractivity contribution in [3.05, 3.63) is 24.2 Å². The number of hydrogen-bond donors (Lipinski definition) is 2. The number of ether oxygens (including phenoxy) is 2. The average Bonchev–Trinajstić information content (AvgIpc) is 3.11. The summed E-state index contributed by atoms with van der Waals surface area (Å²) in [5, 5.41) is 6.42. The van der Waals surface area contributed by atoms with Crippen molar-refractivity contribution in [2.75, 3.05) is 39.8 Å². The average molecular weight is 510 g/mol. The van der Waals surface area contributed by atoms with Gasteiger partial charge >= 0.3 is 6.09 Å². The van der Waals surface area contributed by atoms with Crippen molar-refractivity contribution in [3.63, 3.8) is 0 Å². The number of hydrogen-bond acceptors (Lipinski definition) is 5. The summed E-state index contributed by atoms with van der Waals surface area (Å²) in [4.78, 5) is 17.9. The van der Waals surface area contributed by atoms with Crippen molar-refractivity contribution >= 4 is 36.0 Å². The monoisotopic (exact) mass is 510 g/mol. The molecule has 1 rings (SSSR count). The van der Waals surface area contributed by atoms with E-state index in [2.05, 4.69) is 15.6 Å². The molecule has 162 valence electrons. The highest BCUT2D eigenvalue weighted by Crippen LogP contribution is 2.09. The molecule has 1 aromatic heterocycles. The lowest BCUT2D eigenvalue weighted by molar-refractivity contribution is 0.0264. The third-order valence-electron chi connectivity index (χ3n) is 3.51. The van der Waals surface area contributed by atoms with Gasteiger partial charge in [0.15, 0.2) is 5.96 Å². The summed E-state index contributed by atoms with van der Waals surface area (Å²) < 4.78 is 16.1. The summed E-state index contributed by atoms with van der Waals surface area (Å²) >= 11 is 0. The van der Waals surface area contributed by atoms with E-state index in [-0.39, 0.29) is 30.1 Å². The van der Waals surface area contributed by atoms with Crippen molar-refractivity contribution in [1.82, 2.24) is 15.5 Å². The molecule has 9 heteroatoms. The highest BCUT2D eigenvalue weighted by atomic mass is 127. The standard InChI is InChI=1S/C19H34N4O4.HI/c1-6-23(18(24)27-19(2,3)4)12-11-22-17(20-5)21-10-8-13-25-15-16-9-7-14-26-16;/h7,9,14H,6,8,10-13,15H2,1-5H3,(H2,20,21,22);1H. The van der Waals surface area contributed by atoms with Gasteiger partial charge in [-0.05, 0) is 46.2 Å². The lowest BCUT2D eigenvalue weighted by atomic mass is 10.2. The Morgan fingerprint density at radius 3 is 2.57 bits per heavy atom. The molecule has 0 spiro atoms. The molecule has 0 aliphatic heterocycles. The zero-order valence-corrected chi connectivity index (χ0v) is 19.9. The van der Waals surface area contributed by atoms with Gasteiger partial charge in [0.1, 0.15) is 18.0 Å². The predicted molar refractivity (Wildman–Crippen MR) is 121 cm³/mol. The molecule has 0 saturated heterocycles. The van der Waals surface area contributed by atoms with E-state index in [1.165, 1.54) is 0 Å². The Bertz CT molecular complexity index is 559. The maximum absolute atomic E-state index is 12.1. The van der Waals surface area contributed by atoms with Crippen molar-refractivity contribution in [1.29, 1.82) is 0 Å². The predicted octanol–water partition coefficient (Wildman–Crippen LogP) is 3.23. The van der Waals surface area contributed by atoms with Crippen LogP contribution >= 0.6 is 24.0 Å². The number of nitrogens with one attached hydrogen (secondary N) is 2. The quantitative estimate of drug-likeness (QED) is 0.218. The minimum Gasteiger partial charge on any atom is -0.467 e. The topological polar surface area (TPSA) is 88.3 Å². The Morgan fingerprint density at radius 1 is 1.29 bits per heavy atom. The van der Waals surface area contributed by atoms with Gasteiger partial charge in [-0.25, -0.2) is 4.79 Å². The largest absolute Gasteiger partial charge is 0.467 e. The van der Waals surface area contributed by atoms with E-state index in [9.17, 15) is 4.79 Å². The van der Waals surface area contributed by atoms with E-state index >= 15 is 0 Å². The Hall–Kier alpha value is -1.49. The molecule has 2 N–H and O–H groups in total. The van der Waals surface area contributed by atoms with Gasteiger partial charge in [0.05, 0.1) is 6.26 Å². The Labute approximate surface area is 185 Å². The summed E-state index contributed by atoms with van der Waals surface area (Å²) in [6.45, 7) is 11.1. The molecule has 1 aromatic rings. The molecule has 0 unspecified atom stereocenters. The fraction of sp³-hybridized carbons (Fsp3) is 0.684. The van der Waals surface area contributed by atoms with Gasteiger partial charge in [-0.3, -0.25) is 4.99 Å². The van der Waals surface area contributed by atoms with Crippen LogP contribution in [0.15, 0.2) is 27.8 Å². The van der Waals surface area contributed by atoms with E-state index in [4.69, 9.17) is 13.9 Å². The molecule has 0 aromatic carbocycles. The van der Waals surface area contributed by atoms with Crippen LogP contribution in [0.25, 0.3) is 0 Å². The first-order valence-electron chi connectivity index (χ1n) is 9.38. The van der Waals surface area contributed by atoms with Crippen LogP contribution in [0.2, 0.25) is 0 Å². The summed E-state index contributed by atoms with van der Waals surface area (Å²) in [6, 6.07) is 3.74. The third-order valence-corrected chi connectivity index (χ3v) is 3.51. The lowest BCUT2D eigenvalue weighted by Gasteiger charge is -2.26. The van der Waals surface area contributed by atoms with E-state index in [1.54, 1.807) is 18.2 Å². The first kappa shape index (κ1) is 26.5. The second kappa shape index (κ2) is 14.5. The minimum atomic E-state index is -0.492. The van der Waals surface area contributed by atoms with Crippen LogP contribution in [-0.2, 0) is 16.1 Å². The van der Waals surface area contributed by atoms with E-state index in [0.717, 1.165) is 18.7 Å². The van der Waals surface area contributed by atoms with Crippen molar-refractivity contribution < 1.29 is 18.7 Å². The minimum absolute atomic E-state index is 0. The normalized spacial score (nSPS) is 11.5. The number of furan rings is 1. The van der Waals surface area contributed by atoms with E-state index < -0.39 is 5.60 Å². The van der Waals surface area contributed by atoms with Crippen molar-refractivity contribution in [2.24, 2.45) is 4.99 Å². The van der Waals surface area contributed by atoms with Gasteiger partial charge in [0.25, 0.3) is 0 Å². The summed E-state index contributed by atoms with van der Waals surface area (Å²) in [6.07, 6.45) is 2.18. The zero-order chi connectivity index (χ0) is 20.1. The van der Waals surface area contributed by atoms with Crippen LogP contribution in [0.4, 0.5) is 4.79 Å². The van der Waals surface area contributed by atoms with Gasteiger partial charge in [-0.15, -0.1) is 24.0 Å². The Morgan fingerprint density at radius 2 is 2.00 bits per heavy atom. The SMILES string of the molecule is CCN(CCNC(=NC)NCCCOCc1ccco1)C(=O)OC(C)(C)C.I. The highest BCUT2D eigenvalue weighted by molar-refractivity contribution is 14.0. The van der Waals surface area contributed by atoms with Gasteiger partial charge in [-0.1, -0.05) is 0 Å². The molecule has 0 radical (unpaired) electrons. The lowest BCUT2D eigenvalue weighted by Crippen LogP contribution is -2.44. The van der Waals surface area contributed by atoms with Crippen LogP contribution in [0.3, 0.4) is 0 Å². The molecular formula is C19H35IN4O4. The number of carbonyl (C=O) groups excluding carboxylic acids is 1. The second-order valence-corrected chi connectivity index (χ2v) is 6.97. The molecule has 8 nitrogen and oxygen atoms in total. The van der Waals surface area contributed by atoms with Gasteiger partial charge in [0.2, 0.25) is 0 Å². The molecule has 0 atom stereocenters. The number of aliphatic imine (C=N–C) groups is 1. The van der Waals surface area contributed by atoms with E-state index in [0.29, 0.717) is 38.8 Å². The van der Waals surface area contributed by atoms with Gasteiger partial charge in [-0.2, -0.15) is 0 Å². The molecule has 0 fully saturated rings. The number of rotatable bonds is 10. The number of amides is 1. The maximum atomic E-state index is 12.1. The molecule has 0 bridgehead atoms. The summed E-state index contributed by atoms with van der Waals surface area (Å²) in [5.41, 5.74) is -0.492. The molecule has 1 amide bonds. The van der Waals surface area contributed by atoms with Crippen molar-refractivity contribution in [2.45, 2.75) is 46.3 Å². The van der Waals surface area contributed by atoms with Crippen LogP contribution < -0.4 is 10.6 Å². The number of carbonyl (C=O) groups is 1. The molecule has 1 heterocycles. The second-order valence-electron chi connectivity index (χ2n) is 6.97. The third kappa shape index (κ3) is 12.1. The number of nitrogens with zero attached hydrogens (tertiary/aromatic N) is 2. The van der Waals surface area contributed by atoms with Crippen LogP contribution in [0.5, 0.6) is 0 Å². The van der Waals surface area contributed by atoms with Crippen LogP contribution in [-0.4, -0.2) is 62.4 Å². The van der Waals surface area contributed by atoms with E-state index in [1.807, 2.05) is 39.8 Å². The smallest absolute Gasteiger partial charge is 0.410 e. The summed E-state index contributed by atoms with van der Waals surface area (Å²) in [7, 11) is 1.72. The number of halogens is 1. The first-order chi connectivity index (χ1) is 12.9. The Kier molecular flexibility index (Phi) is 13.7. The molecule has 0 saturated carbocycles. The van der Waals surface area contributed by atoms with Gasteiger partial charge in [0, 0.05) is 39.8 Å². The maximum Gasteiger partial charge on any atom is 0.410 e. The van der Waals surface area contributed by atoms with Gasteiger partial charge < -0.3 is 29.4 Å². The molecule has 0 aliphatic carbocycles. The van der Waals surface area contributed by atoms with Crippen molar-refractivity contribution in [3.8, 4) is 0 Å². The van der Waals surface area contributed by atoms with Crippen LogP contribution in [0.1, 0.15) is 39.9 Å². The Balaban J connectivity index is 0.00000729. The first-order valence-corrected chi connectivity index (χ1v) is 9.38. The van der Waals surface area contributed by atoms with Crippen LogP contribution in [0, 0.1) is 0 Å². The molecule has 0 aliphatic rings. The summed E-state index contributed by atoms with van der Waals surface area (Å²) in [5.74, 6) is 1.52. The molecule has 28 heavy (non-hydrogen) atoms. The zero-order valence-electron chi connectivity index (χ0n) is 17.6. The molecular weight excluding hydrogens is 475 g/mol. The number of guanidine groups is 1. The highest BCUT2D eigenvalue weighted by Gasteiger charge is 2.20. The fourth-order valence-electron chi connectivity index (χ4n) is 2.18. The fourth-order valence-corrected chi connectivity index (χ4v) is 2.18. The number of likely N-dealkylation sites (N-methyl/N-ethyl adjacent to an activating group) is 1.